The quantitative estimate of drug-likeness (QED) is 0.185. The number of halogens is 2. The van der Waals surface area contributed by atoms with Gasteiger partial charge < -0.3 is 0 Å². The van der Waals surface area contributed by atoms with Gasteiger partial charge >= 0.3 is 201 Å². The molecule has 0 radical (unpaired) electrons. The van der Waals surface area contributed by atoms with E-state index in [1.54, 1.807) is 15.2 Å². The van der Waals surface area contributed by atoms with E-state index in [-0.39, 0.29) is 0 Å². The van der Waals surface area contributed by atoms with Crippen LogP contribution in [-0.4, -0.2) is 95.6 Å². The van der Waals surface area contributed by atoms with Crippen LogP contribution in [0.1, 0.15) is 12.8 Å². The zero-order chi connectivity index (χ0) is 17.4. The third-order valence-electron chi connectivity index (χ3n) is 2.63. The minimum atomic E-state index is 0.605. The third kappa shape index (κ3) is 7.27. The van der Waals surface area contributed by atoms with Crippen LogP contribution in [0.4, 0.5) is 0 Å². The van der Waals surface area contributed by atoms with E-state index in [9.17, 15) is 0 Å². The molecule has 2 heterocycles. The average Bonchev–Trinajstić information content (AvgIpc) is 3.19. The predicted molar refractivity (Wildman–Crippen MR) is 127 cm³/mol. The number of alkyl halides is 2. The van der Waals surface area contributed by atoms with Gasteiger partial charge in [-0.05, 0) is 0 Å². The van der Waals surface area contributed by atoms with E-state index in [2.05, 4.69) is 36.0 Å². The first-order valence-electron chi connectivity index (χ1n) is 7.13. The monoisotopic (exact) mass is 704 g/mol. The van der Waals surface area contributed by atoms with Gasteiger partial charge in [-0.2, -0.15) is 0 Å². The van der Waals surface area contributed by atoms with Crippen molar-refractivity contribution < 1.29 is 0 Å². The summed E-state index contributed by atoms with van der Waals surface area (Å²) in [5.41, 5.74) is 0. The Morgan fingerprint density at radius 2 is 1.04 bits per heavy atom. The van der Waals surface area contributed by atoms with Gasteiger partial charge in [-0.1, -0.05) is 0 Å². The molecule has 0 saturated carbocycles. The van der Waals surface area contributed by atoms with Gasteiger partial charge in [0, 0.05) is 0 Å². The van der Waals surface area contributed by atoms with Gasteiger partial charge in [-0.25, -0.2) is 0 Å². The second-order valence-electron chi connectivity index (χ2n) is 4.32. The van der Waals surface area contributed by atoms with Crippen molar-refractivity contribution in [2.45, 2.75) is 12.8 Å². The van der Waals surface area contributed by atoms with E-state index in [1.165, 1.54) is 11.5 Å². The molecule has 0 fully saturated rings. The van der Waals surface area contributed by atoms with Crippen LogP contribution in [0.2, 0.25) is 0 Å². The van der Waals surface area contributed by atoms with Crippen LogP contribution in [-0.2, 0) is 0 Å². The van der Waals surface area contributed by atoms with Crippen molar-refractivity contribution in [3.8, 4) is 0 Å². The van der Waals surface area contributed by atoms with Gasteiger partial charge in [-0.15, -0.1) is 0 Å². The molecule has 0 N–H and O–H groups in total. The summed E-state index contributed by atoms with van der Waals surface area (Å²) in [5.74, 6) is 3.95. The van der Waals surface area contributed by atoms with Crippen molar-refractivity contribution in [2.24, 2.45) is 0 Å². The molecule has 2 rings (SSSR count). The number of hydrogen-bond donors (Lipinski definition) is 0. The molecule has 24 heavy (non-hydrogen) atoms. The summed E-state index contributed by atoms with van der Waals surface area (Å²) < 4.78 is 10.6. The van der Waals surface area contributed by atoms with Crippen molar-refractivity contribution in [3.63, 3.8) is 0 Å². The molecule has 0 aliphatic carbocycles. The van der Waals surface area contributed by atoms with Crippen LogP contribution in [0.3, 0.4) is 0 Å². The molecule has 0 saturated heterocycles. The van der Waals surface area contributed by atoms with Gasteiger partial charge in [0.15, 0.2) is 0 Å². The van der Waals surface area contributed by atoms with Gasteiger partial charge in [-0.3, -0.25) is 0 Å². The molecule has 2 aliphatic rings. The molecule has 0 aromatic rings. The Morgan fingerprint density at radius 1 is 0.667 bits per heavy atom. The maximum atomic E-state index is 5.84. The number of rotatable bonds is 10. The molecule has 0 bridgehead atoms. The van der Waals surface area contributed by atoms with Gasteiger partial charge in [0.05, 0.1) is 0 Å². The summed E-state index contributed by atoms with van der Waals surface area (Å²) in [6.45, 7) is 0. The zero-order valence-corrected chi connectivity index (χ0v) is 24.9. The molecule has 2 aliphatic heterocycles. The Morgan fingerprint density at radius 3 is 1.38 bits per heavy atom. The molecular weight excluding hydrogens is 683 g/mol. The summed E-state index contributed by atoms with van der Waals surface area (Å²) in [6, 6.07) is 0. The first-order chi connectivity index (χ1) is 11.7. The van der Waals surface area contributed by atoms with Gasteiger partial charge in [0.2, 0.25) is 0 Å². The molecule has 0 nitrogen and oxygen atoms in total. The molecule has 0 spiro atoms. The SMILES string of the molecule is CSC1=C(SCCCCl)[Se]/C(=C2\[Se]C(SC)=C(SCCCCl)[Se]2)[Se]1. The van der Waals surface area contributed by atoms with Crippen molar-refractivity contribution in [1.82, 2.24) is 0 Å². The molecule has 10 heteroatoms. The Hall–Kier alpha value is 3.28. The summed E-state index contributed by atoms with van der Waals surface area (Å²) >= 11 is 22.3. The Kier molecular flexibility index (Phi) is 13.2. The van der Waals surface area contributed by atoms with E-state index in [0.29, 0.717) is 59.8 Å². The van der Waals surface area contributed by atoms with Crippen LogP contribution in [0.15, 0.2) is 22.0 Å². The van der Waals surface area contributed by atoms with E-state index >= 15 is 0 Å². The number of hydrogen-bond acceptors (Lipinski definition) is 4. The fourth-order valence-corrected chi connectivity index (χ4v) is 27.5. The standard InChI is InChI=1S/C14H18Cl2S4Se4/c1-17-9-11(19-7-3-5-15)23-13(21-9)14-22-10(18-2)12(24-14)20-8-4-6-16/h3-8H2,1-2H3/b14-13+. The average molecular weight is 701 g/mol. The molecule has 0 amide bonds. The van der Waals surface area contributed by atoms with E-state index < -0.39 is 0 Å². The molecule has 0 unspecified atom stereocenters. The van der Waals surface area contributed by atoms with Crippen LogP contribution in [0, 0.1) is 0 Å². The van der Waals surface area contributed by atoms with Crippen molar-refractivity contribution in [3.05, 3.63) is 22.0 Å². The van der Waals surface area contributed by atoms with Crippen molar-refractivity contribution in [1.29, 1.82) is 0 Å². The minimum absolute atomic E-state index is 0.605. The molecule has 0 atom stereocenters. The first kappa shape index (κ1) is 23.6. The zero-order valence-electron chi connectivity index (χ0n) is 13.3. The van der Waals surface area contributed by atoms with E-state index in [0.717, 1.165) is 24.6 Å². The normalized spacial score (nSPS) is 21.5. The van der Waals surface area contributed by atoms with Crippen LogP contribution < -0.4 is 0 Å². The van der Waals surface area contributed by atoms with Gasteiger partial charge in [0.25, 0.3) is 0 Å². The number of thioether (sulfide) groups is 4. The first-order valence-corrected chi connectivity index (χ1v) is 19.5. The predicted octanol–water partition coefficient (Wildman–Crippen LogP) is 4.66. The van der Waals surface area contributed by atoms with Gasteiger partial charge in [0.1, 0.15) is 0 Å². The molecule has 0 aromatic heterocycles. The summed E-state index contributed by atoms with van der Waals surface area (Å²) in [7, 11) is 0. The molecular formula is C14H18Cl2S4Se4. The second kappa shape index (κ2) is 13.5. The summed E-state index contributed by atoms with van der Waals surface area (Å²) in [4.78, 5) is 0. The maximum absolute atomic E-state index is 5.84. The van der Waals surface area contributed by atoms with Crippen molar-refractivity contribution in [2.75, 3.05) is 35.8 Å². The summed E-state index contributed by atoms with van der Waals surface area (Å²) in [6.07, 6.45) is 6.76. The topological polar surface area (TPSA) is 0 Å². The van der Waals surface area contributed by atoms with E-state index in [4.69, 9.17) is 23.2 Å². The second-order valence-corrected chi connectivity index (χ2v) is 22.4. The molecule has 0 aromatic carbocycles. The van der Waals surface area contributed by atoms with Crippen LogP contribution in [0.25, 0.3) is 0 Å². The third-order valence-corrected chi connectivity index (χ3v) is 27.1. The van der Waals surface area contributed by atoms with Crippen LogP contribution in [0.5, 0.6) is 0 Å². The summed E-state index contributed by atoms with van der Waals surface area (Å²) in [5, 5.41) is 0. The fraction of sp³-hybridized carbons (Fsp3) is 0.571. The molecule has 136 valence electrons. The van der Waals surface area contributed by atoms with Crippen molar-refractivity contribution >= 4 is 130 Å². The fourth-order valence-electron chi connectivity index (χ4n) is 1.58. The van der Waals surface area contributed by atoms with Crippen LogP contribution >= 0.6 is 70.2 Å². The Labute approximate surface area is 198 Å². The Bertz CT molecular complexity index is 491. The van der Waals surface area contributed by atoms with E-state index in [1.807, 2.05) is 30.3 Å². The Balaban J connectivity index is 1.99.